The van der Waals surface area contributed by atoms with Gasteiger partial charge in [0.15, 0.2) is 5.13 Å². The third kappa shape index (κ3) is 2.80. The Bertz CT molecular complexity index is 371. The first-order valence-corrected chi connectivity index (χ1v) is 7.36. The molecule has 96 valence electrons. The summed E-state index contributed by atoms with van der Waals surface area (Å²) in [5.74, 6) is 0.566. The van der Waals surface area contributed by atoms with E-state index in [-0.39, 0.29) is 0 Å². The molecule has 1 aromatic heterocycles. The minimum atomic E-state index is 0.566. The van der Waals surface area contributed by atoms with Crippen LogP contribution < -0.4 is 10.2 Å². The molecule has 0 amide bonds. The minimum absolute atomic E-state index is 0.566. The number of nitrogens with one attached hydrogen (secondary N) is 1. The van der Waals surface area contributed by atoms with E-state index in [0.717, 1.165) is 19.0 Å². The van der Waals surface area contributed by atoms with Crippen molar-refractivity contribution < 1.29 is 0 Å². The fourth-order valence-corrected chi connectivity index (χ4v) is 3.21. The minimum Gasteiger partial charge on any atom is -0.348 e. The van der Waals surface area contributed by atoms with Crippen LogP contribution in [0.4, 0.5) is 5.13 Å². The van der Waals surface area contributed by atoms with Gasteiger partial charge in [-0.2, -0.15) is 0 Å². The zero-order valence-corrected chi connectivity index (χ0v) is 12.1. The molecular weight excluding hydrogens is 230 g/mol. The molecule has 1 saturated carbocycles. The molecule has 4 heteroatoms. The second-order valence-corrected chi connectivity index (χ2v) is 6.05. The van der Waals surface area contributed by atoms with Crippen molar-refractivity contribution >= 4 is 16.5 Å². The largest absolute Gasteiger partial charge is 0.348 e. The maximum Gasteiger partial charge on any atom is 0.185 e. The predicted molar refractivity (Wildman–Crippen MR) is 75.0 cm³/mol. The van der Waals surface area contributed by atoms with Gasteiger partial charge in [-0.15, -0.1) is 11.3 Å². The van der Waals surface area contributed by atoms with Crippen LogP contribution in [-0.4, -0.2) is 25.1 Å². The predicted octanol–water partition coefficient (Wildman–Crippen LogP) is 2.97. The topological polar surface area (TPSA) is 28.2 Å². The van der Waals surface area contributed by atoms with Crippen LogP contribution >= 0.6 is 11.3 Å². The summed E-state index contributed by atoms with van der Waals surface area (Å²) in [5.41, 5.74) is 1.30. The molecule has 1 aliphatic carbocycles. The lowest BCUT2D eigenvalue weighted by Gasteiger charge is -2.13. The van der Waals surface area contributed by atoms with Crippen LogP contribution in [0.1, 0.15) is 49.6 Å². The van der Waals surface area contributed by atoms with Gasteiger partial charge >= 0.3 is 0 Å². The highest BCUT2D eigenvalue weighted by atomic mass is 32.1. The average Bonchev–Trinajstić information content (AvgIpc) is 3.09. The summed E-state index contributed by atoms with van der Waals surface area (Å²) in [4.78, 5) is 8.63. The molecule has 0 aromatic carbocycles. The molecule has 17 heavy (non-hydrogen) atoms. The molecule has 1 fully saturated rings. The van der Waals surface area contributed by atoms with Crippen LogP contribution in [0.5, 0.6) is 0 Å². The van der Waals surface area contributed by atoms with Crippen molar-refractivity contribution in [1.29, 1.82) is 0 Å². The molecule has 1 heterocycles. The Balaban J connectivity index is 2.22. The summed E-state index contributed by atoms with van der Waals surface area (Å²) in [6.45, 7) is 5.45. The van der Waals surface area contributed by atoms with E-state index in [2.05, 4.69) is 31.1 Å². The van der Waals surface area contributed by atoms with E-state index >= 15 is 0 Å². The lowest BCUT2D eigenvalue weighted by Crippen LogP contribution is -2.19. The zero-order valence-electron chi connectivity index (χ0n) is 11.3. The summed E-state index contributed by atoms with van der Waals surface area (Å²) in [7, 11) is 4.18. The van der Waals surface area contributed by atoms with Gasteiger partial charge in [-0.05, 0) is 32.2 Å². The lowest BCUT2D eigenvalue weighted by molar-refractivity contribution is 0.692. The fourth-order valence-electron chi connectivity index (χ4n) is 1.99. The SMILES string of the molecule is CCC(C)c1nc(N(C)C2CC2)sc1CNC. The van der Waals surface area contributed by atoms with Crippen LogP contribution in [0.2, 0.25) is 0 Å². The Morgan fingerprint density at radius 3 is 2.76 bits per heavy atom. The highest BCUT2D eigenvalue weighted by molar-refractivity contribution is 7.15. The average molecular weight is 253 g/mol. The first kappa shape index (κ1) is 12.8. The second kappa shape index (κ2) is 5.36. The summed E-state index contributed by atoms with van der Waals surface area (Å²) in [6, 6.07) is 0.744. The highest BCUT2D eigenvalue weighted by Gasteiger charge is 2.29. The fraction of sp³-hybridized carbons (Fsp3) is 0.769. The van der Waals surface area contributed by atoms with Gasteiger partial charge in [0.2, 0.25) is 0 Å². The van der Waals surface area contributed by atoms with Crippen molar-refractivity contribution in [2.45, 2.75) is 51.6 Å². The van der Waals surface area contributed by atoms with Crippen molar-refractivity contribution in [3.05, 3.63) is 10.6 Å². The molecule has 0 spiro atoms. The summed E-state index contributed by atoms with van der Waals surface area (Å²) >= 11 is 1.86. The number of nitrogens with zero attached hydrogens (tertiary/aromatic N) is 2. The Morgan fingerprint density at radius 1 is 1.53 bits per heavy atom. The number of hydrogen-bond donors (Lipinski definition) is 1. The molecule has 0 saturated heterocycles. The Morgan fingerprint density at radius 2 is 2.24 bits per heavy atom. The number of thiazole rings is 1. The smallest absolute Gasteiger partial charge is 0.185 e. The highest BCUT2D eigenvalue weighted by Crippen LogP contribution is 2.36. The quantitative estimate of drug-likeness (QED) is 0.845. The van der Waals surface area contributed by atoms with Gasteiger partial charge in [0.05, 0.1) is 5.69 Å². The van der Waals surface area contributed by atoms with Crippen LogP contribution in [0.15, 0.2) is 0 Å². The first-order valence-electron chi connectivity index (χ1n) is 6.54. The summed E-state index contributed by atoms with van der Waals surface area (Å²) in [6.07, 6.45) is 3.82. The number of hydrogen-bond acceptors (Lipinski definition) is 4. The Hall–Kier alpha value is -0.610. The van der Waals surface area contributed by atoms with Crippen molar-refractivity contribution in [2.75, 3.05) is 19.0 Å². The third-order valence-electron chi connectivity index (χ3n) is 3.53. The molecule has 3 nitrogen and oxygen atoms in total. The lowest BCUT2D eigenvalue weighted by atomic mass is 10.0. The summed E-state index contributed by atoms with van der Waals surface area (Å²) < 4.78 is 0. The van der Waals surface area contributed by atoms with E-state index < -0.39 is 0 Å². The molecule has 1 aliphatic rings. The van der Waals surface area contributed by atoms with Gasteiger partial charge in [0.25, 0.3) is 0 Å². The third-order valence-corrected chi connectivity index (χ3v) is 4.69. The van der Waals surface area contributed by atoms with Crippen molar-refractivity contribution in [2.24, 2.45) is 0 Å². The molecule has 1 unspecified atom stereocenters. The van der Waals surface area contributed by atoms with Gasteiger partial charge in [-0.1, -0.05) is 13.8 Å². The van der Waals surface area contributed by atoms with Crippen LogP contribution in [0.25, 0.3) is 0 Å². The van der Waals surface area contributed by atoms with Crippen LogP contribution in [-0.2, 0) is 6.54 Å². The van der Waals surface area contributed by atoms with Gasteiger partial charge in [0, 0.05) is 24.5 Å². The van der Waals surface area contributed by atoms with E-state index in [1.807, 2.05) is 18.4 Å². The molecule has 0 bridgehead atoms. The molecule has 0 radical (unpaired) electrons. The van der Waals surface area contributed by atoms with E-state index in [1.54, 1.807) is 0 Å². The van der Waals surface area contributed by atoms with Crippen LogP contribution in [0, 0.1) is 0 Å². The van der Waals surface area contributed by atoms with Gasteiger partial charge in [-0.25, -0.2) is 4.98 Å². The van der Waals surface area contributed by atoms with Crippen molar-refractivity contribution in [3.63, 3.8) is 0 Å². The molecule has 2 rings (SSSR count). The van der Waals surface area contributed by atoms with E-state index in [0.29, 0.717) is 5.92 Å². The second-order valence-electron chi connectivity index (χ2n) is 4.99. The van der Waals surface area contributed by atoms with E-state index in [9.17, 15) is 0 Å². The van der Waals surface area contributed by atoms with E-state index in [1.165, 1.54) is 28.5 Å². The normalized spacial score (nSPS) is 17.2. The van der Waals surface area contributed by atoms with E-state index in [4.69, 9.17) is 4.98 Å². The van der Waals surface area contributed by atoms with Gasteiger partial charge < -0.3 is 10.2 Å². The van der Waals surface area contributed by atoms with Crippen molar-refractivity contribution in [1.82, 2.24) is 10.3 Å². The Kier molecular flexibility index (Phi) is 4.05. The van der Waals surface area contributed by atoms with Crippen molar-refractivity contribution in [3.8, 4) is 0 Å². The Labute approximate surface area is 108 Å². The van der Waals surface area contributed by atoms with Gasteiger partial charge in [0.1, 0.15) is 0 Å². The van der Waals surface area contributed by atoms with Crippen LogP contribution in [0.3, 0.4) is 0 Å². The number of aromatic nitrogens is 1. The van der Waals surface area contributed by atoms with Gasteiger partial charge in [-0.3, -0.25) is 0 Å². The first-order chi connectivity index (χ1) is 8.17. The maximum atomic E-state index is 4.87. The summed E-state index contributed by atoms with van der Waals surface area (Å²) in [5, 5.41) is 4.45. The molecule has 1 N–H and O–H groups in total. The molecule has 1 aromatic rings. The molecular formula is C13H23N3S. The zero-order chi connectivity index (χ0) is 12.4. The maximum absolute atomic E-state index is 4.87. The number of rotatable bonds is 6. The number of anilines is 1. The molecule has 0 aliphatic heterocycles. The standard InChI is InChI=1S/C13H23N3S/c1-5-9(2)12-11(8-14-3)17-13(15-12)16(4)10-6-7-10/h9-10,14H,5-8H2,1-4H3. The monoisotopic (exact) mass is 253 g/mol. The molecule has 1 atom stereocenters.